The van der Waals surface area contributed by atoms with Gasteiger partial charge in [-0.15, -0.1) is 0 Å². The molecule has 0 N–H and O–H groups in total. The molecule has 0 aromatic heterocycles. The zero-order valence-electron chi connectivity index (χ0n) is 7.16. The summed E-state index contributed by atoms with van der Waals surface area (Å²) in [5.41, 5.74) is 0.805. The molecule has 14 heavy (non-hydrogen) atoms. The molecule has 0 radical (unpaired) electrons. The van der Waals surface area contributed by atoms with Crippen LogP contribution < -0.4 is 0 Å². The maximum absolute atomic E-state index is 6.01. The van der Waals surface area contributed by atoms with Crippen LogP contribution in [0.15, 0.2) is 6.07 Å². The minimum Gasteiger partial charge on any atom is -0.179 e. The van der Waals surface area contributed by atoms with E-state index in [0.717, 1.165) is 24.2 Å². The average Bonchev–Trinajstić information content (AvgIpc) is 2.15. The first-order valence-electron chi connectivity index (χ1n) is 4.00. The van der Waals surface area contributed by atoms with Crippen LogP contribution >= 0.6 is 59.0 Å². The normalized spacial score (nSPS) is 10.6. The first-order valence-corrected chi connectivity index (χ1v) is 6.15. The Balaban J connectivity index is 3.11. The highest BCUT2D eigenvalue weighted by Crippen LogP contribution is 2.37. The molecular weight excluding hydrogens is 282 g/mol. The summed E-state index contributed by atoms with van der Waals surface area (Å²) in [6, 6.07) is 1.55. The van der Waals surface area contributed by atoms with Gasteiger partial charge in [-0.1, -0.05) is 46.4 Å². The van der Waals surface area contributed by atoms with Crippen LogP contribution in [0.2, 0.25) is 20.1 Å². The molecular formula is C9H8Cl4S. The third kappa shape index (κ3) is 2.86. The van der Waals surface area contributed by atoms with E-state index in [-0.39, 0.29) is 0 Å². The number of hydrogen-bond acceptors (Lipinski definition) is 1. The summed E-state index contributed by atoms with van der Waals surface area (Å²) >= 11 is 27.9. The smallest absolute Gasteiger partial charge is 0.0640 e. The van der Waals surface area contributed by atoms with Crippen molar-refractivity contribution in [2.24, 2.45) is 0 Å². The Bertz CT molecular complexity index is 312. The molecule has 0 unspecified atom stereocenters. The Morgan fingerprint density at radius 1 is 1.00 bits per heavy atom. The van der Waals surface area contributed by atoms with Crippen molar-refractivity contribution < 1.29 is 0 Å². The Hall–Kier alpha value is 0.730. The SMILES string of the molecule is SCCCc1c(Cl)c(Cl)cc(Cl)c1Cl. The second kappa shape index (κ2) is 5.72. The first-order chi connectivity index (χ1) is 6.57. The van der Waals surface area contributed by atoms with E-state index in [2.05, 4.69) is 12.6 Å². The van der Waals surface area contributed by atoms with Crippen LogP contribution in [-0.4, -0.2) is 5.75 Å². The van der Waals surface area contributed by atoms with Gasteiger partial charge >= 0.3 is 0 Å². The average molecular weight is 290 g/mol. The Labute approximate surface area is 109 Å². The summed E-state index contributed by atoms with van der Waals surface area (Å²) < 4.78 is 0. The molecule has 0 spiro atoms. The number of halogens is 4. The van der Waals surface area contributed by atoms with Gasteiger partial charge in [-0.3, -0.25) is 0 Å². The summed E-state index contributed by atoms with van der Waals surface area (Å²) in [6.45, 7) is 0. The minimum atomic E-state index is 0.440. The fourth-order valence-electron chi connectivity index (χ4n) is 1.10. The highest BCUT2D eigenvalue weighted by molar-refractivity contribution is 7.80. The molecule has 0 fully saturated rings. The van der Waals surface area contributed by atoms with Crippen molar-refractivity contribution in [3.05, 3.63) is 31.7 Å². The molecule has 0 saturated carbocycles. The lowest BCUT2D eigenvalue weighted by Gasteiger charge is -2.09. The Morgan fingerprint density at radius 3 is 1.93 bits per heavy atom. The van der Waals surface area contributed by atoms with Gasteiger partial charge in [0, 0.05) is 0 Å². The molecule has 1 rings (SSSR count). The predicted octanol–water partition coefficient (Wildman–Crippen LogP) is 5.16. The molecule has 78 valence electrons. The van der Waals surface area contributed by atoms with E-state index >= 15 is 0 Å². The standard InChI is InChI=1S/C9H8Cl4S/c10-6-4-7(11)9(13)5(8(6)12)2-1-3-14/h4,14H,1-3H2. The highest BCUT2D eigenvalue weighted by atomic mass is 35.5. The van der Waals surface area contributed by atoms with Crippen molar-refractivity contribution in [2.75, 3.05) is 5.75 Å². The molecule has 0 heterocycles. The summed E-state index contributed by atoms with van der Waals surface area (Å²) in [4.78, 5) is 0. The Kier molecular flexibility index (Phi) is 5.22. The van der Waals surface area contributed by atoms with Gasteiger partial charge in [0.05, 0.1) is 20.1 Å². The van der Waals surface area contributed by atoms with Crippen LogP contribution in [0.25, 0.3) is 0 Å². The third-order valence-electron chi connectivity index (χ3n) is 1.79. The molecule has 0 aliphatic rings. The second-order valence-electron chi connectivity index (χ2n) is 2.77. The zero-order chi connectivity index (χ0) is 10.7. The highest BCUT2D eigenvalue weighted by Gasteiger charge is 2.12. The van der Waals surface area contributed by atoms with E-state index in [9.17, 15) is 0 Å². The monoisotopic (exact) mass is 288 g/mol. The van der Waals surface area contributed by atoms with Crippen LogP contribution in [0, 0.1) is 0 Å². The Morgan fingerprint density at radius 2 is 1.50 bits per heavy atom. The van der Waals surface area contributed by atoms with Crippen LogP contribution in [0.5, 0.6) is 0 Å². The quantitative estimate of drug-likeness (QED) is 0.576. The van der Waals surface area contributed by atoms with Crippen molar-refractivity contribution in [3.63, 3.8) is 0 Å². The minimum absolute atomic E-state index is 0.440. The van der Waals surface area contributed by atoms with Crippen LogP contribution in [0.1, 0.15) is 12.0 Å². The van der Waals surface area contributed by atoms with E-state index in [1.807, 2.05) is 0 Å². The molecule has 0 aliphatic carbocycles. The van der Waals surface area contributed by atoms with Crippen LogP contribution in [-0.2, 0) is 6.42 Å². The summed E-state index contributed by atoms with van der Waals surface area (Å²) in [5, 5.41) is 1.86. The van der Waals surface area contributed by atoms with Crippen molar-refractivity contribution in [3.8, 4) is 0 Å². The van der Waals surface area contributed by atoms with Gasteiger partial charge in [-0.25, -0.2) is 0 Å². The predicted molar refractivity (Wildman–Crippen MR) is 68.7 cm³/mol. The largest absolute Gasteiger partial charge is 0.179 e. The van der Waals surface area contributed by atoms with Gasteiger partial charge in [0.15, 0.2) is 0 Å². The number of thiol groups is 1. The molecule has 1 aromatic rings. The van der Waals surface area contributed by atoms with Crippen molar-refractivity contribution in [2.45, 2.75) is 12.8 Å². The molecule has 5 heteroatoms. The molecule has 0 nitrogen and oxygen atoms in total. The first kappa shape index (κ1) is 12.8. The van der Waals surface area contributed by atoms with E-state index in [0.29, 0.717) is 20.1 Å². The van der Waals surface area contributed by atoms with Crippen LogP contribution in [0.4, 0.5) is 0 Å². The molecule has 0 saturated heterocycles. The molecule has 0 aliphatic heterocycles. The van der Waals surface area contributed by atoms with Crippen molar-refractivity contribution >= 4 is 59.0 Å². The van der Waals surface area contributed by atoms with Gasteiger partial charge in [0.1, 0.15) is 0 Å². The number of rotatable bonds is 3. The van der Waals surface area contributed by atoms with E-state index in [4.69, 9.17) is 46.4 Å². The van der Waals surface area contributed by atoms with E-state index < -0.39 is 0 Å². The second-order valence-corrected chi connectivity index (χ2v) is 4.79. The molecule has 0 amide bonds. The van der Waals surface area contributed by atoms with Gasteiger partial charge in [0.25, 0.3) is 0 Å². The number of benzene rings is 1. The number of hydrogen-bond donors (Lipinski definition) is 1. The van der Waals surface area contributed by atoms with Gasteiger partial charge in [-0.05, 0) is 30.2 Å². The van der Waals surface area contributed by atoms with Gasteiger partial charge < -0.3 is 0 Å². The lowest BCUT2D eigenvalue weighted by atomic mass is 10.1. The maximum Gasteiger partial charge on any atom is 0.0640 e. The van der Waals surface area contributed by atoms with Crippen molar-refractivity contribution in [1.82, 2.24) is 0 Å². The van der Waals surface area contributed by atoms with Gasteiger partial charge in [0.2, 0.25) is 0 Å². The molecule has 0 atom stereocenters. The molecule has 0 bridgehead atoms. The topological polar surface area (TPSA) is 0 Å². The van der Waals surface area contributed by atoms with Gasteiger partial charge in [-0.2, -0.15) is 12.6 Å². The fraction of sp³-hybridized carbons (Fsp3) is 0.333. The summed E-state index contributed by atoms with van der Waals surface area (Å²) in [7, 11) is 0. The third-order valence-corrected chi connectivity index (χ3v) is 3.76. The van der Waals surface area contributed by atoms with E-state index in [1.165, 1.54) is 0 Å². The lowest BCUT2D eigenvalue weighted by Crippen LogP contribution is -1.91. The summed E-state index contributed by atoms with van der Waals surface area (Å²) in [6.07, 6.45) is 1.63. The van der Waals surface area contributed by atoms with Crippen molar-refractivity contribution in [1.29, 1.82) is 0 Å². The lowest BCUT2D eigenvalue weighted by molar-refractivity contribution is 0.937. The fourth-order valence-corrected chi connectivity index (χ4v) is 2.29. The zero-order valence-corrected chi connectivity index (χ0v) is 11.1. The van der Waals surface area contributed by atoms with E-state index in [1.54, 1.807) is 6.07 Å². The maximum atomic E-state index is 6.01. The molecule has 1 aromatic carbocycles. The summed E-state index contributed by atoms with van der Waals surface area (Å²) in [5.74, 6) is 0.775. The van der Waals surface area contributed by atoms with Crippen LogP contribution in [0.3, 0.4) is 0 Å².